The van der Waals surface area contributed by atoms with Gasteiger partial charge in [0.15, 0.2) is 0 Å². The van der Waals surface area contributed by atoms with E-state index in [1.807, 2.05) is 6.92 Å². The molecule has 0 radical (unpaired) electrons. The molecule has 5 atom stereocenters. The highest BCUT2D eigenvalue weighted by Crippen LogP contribution is 2.62. The highest BCUT2D eigenvalue weighted by atomic mass is 16.6. The number of hydrogen-bond donors (Lipinski definition) is 3. The number of esters is 1. The first kappa shape index (κ1) is 24.3. The van der Waals surface area contributed by atoms with Crippen molar-refractivity contribution in [2.45, 2.75) is 85.2 Å². The molecule has 7 heteroatoms. The average molecular weight is 463 g/mol. The molecule has 2 fully saturated rings. The molecule has 2 saturated carbocycles. The molecule has 0 aromatic heterocycles. The molecule has 4 rings (SSSR count). The average Bonchev–Trinajstić information content (AvgIpc) is 3.00. The van der Waals surface area contributed by atoms with Gasteiger partial charge in [-0.2, -0.15) is 0 Å². The number of aliphatic hydroxyl groups is 3. The van der Waals surface area contributed by atoms with Gasteiger partial charge in [0.05, 0.1) is 25.9 Å². The number of carbonyl (C=O) groups excluding carboxylic acids is 1. The quantitative estimate of drug-likeness (QED) is 0.567. The molecule has 3 aliphatic rings. The van der Waals surface area contributed by atoms with Crippen molar-refractivity contribution in [2.75, 3.05) is 13.7 Å². The van der Waals surface area contributed by atoms with Gasteiger partial charge in [0.2, 0.25) is 6.29 Å². The van der Waals surface area contributed by atoms with E-state index in [4.69, 9.17) is 14.2 Å². The van der Waals surface area contributed by atoms with Crippen LogP contribution in [0.4, 0.5) is 0 Å². The fourth-order valence-electron chi connectivity index (χ4n) is 7.38. The first-order chi connectivity index (χ1) is 15.4. The Kier molecular flexibility index (Phi) is 5.99. The third kappa shape index (κ3) is 3.63. The number of carbonyl (C=O) groups is 1. The molecular formula is C26H38O7. The van der Waals surface area contributed by atoms with Crippen molar-refractivity contribution in [2.24, 2.45) is 22.7 Å². The fourth-order valence-corrected chi connectivity index (χ4v) is 7.38. The molecule has 1 heterocycles. The van der Waals surface area contributed by atoms with E-state index in [-0.39, 0.29) is 40.2 Å². The number of hydrogen-bond acceptors (Lipinski definition) is 7. The molecule has 0 amide bonds. The summed E-state index contributed by atoms with van der Waals surface area (Å²) in [6.07, 6.45) is 3.56. The van der Waals surface area contributed by atoms with Crippen LogP contribution in [0, 0.1) is 29.6 Å². The van der Waals surface area contributed by atoms with Crippen LogP contribution in [-0.2, 0) is 11.3 Å². The summed E-state index contributed by atoms with van der Waals surface area (Å²) >= 11 is 0. The van der Waals surface area contributed by atoms with Crippen molar-refractivity contribution < 1.29 is 34.3 Å². The van der Waals surface area contributed by atoms with Gasteiger partial charge >= 0.3 is 5.97 Å². The Morgan fingerprint density at radius 2 is 1.82 bits per heavy atom. The van der Waals surface area contributed by atoms with Crippen molar-refractivity contribution in [3.8, 4) is 11.5 Å². The van der Waals surface area contributed by atoms with Gasteiger partial charge in [0, 0.05) is 22.6 Å². The number of benzene rings is 1. The second kappa shape index (κ2) is 8.14. The van der Waals surface area contributed by atoms with Gasteiger partial charge in [0.25, 0.3) is 0 Å². The van der Waals surface area contributed by atoms with E-state index in [0.717, 1.165) is 19.3 Å². The van der Waals surface area contributed by atoms with Gasteiger partial charge in [-0.05, 0) is 56.3 Å². The van der Waals surface area contributed by atoms with E-state index in [2.05, 4.69) is 20.8 Å². The minimum atomic E-state index is -1.48. The van der Waals surface area contributed by atoms with E-state index in [0.29, 0.717) is 29.2 Å². The number of methoxy groups -OCH3 is 1. The molecule has 1 aromatic rings. The molecule has 0 bridgehead atoms. The molecule has 1 aliphatic heterocycles. The van der Waals surface area contributed by atoms with Gasteiger partial charge in [-0.15, -0.1) is 0 Å². The van der Waals surface area contributed by atoms with E-state index < -0.39 is 24.5 Å². The Hall–Kier alpha value is -1.83. The lowest BCUT2D eigenvalue weighted by atomic mass is 9.46. The summed E-state index contributed by atoms with van der Waals surface area (Å²) in [5.41, 5.74) is 0.437. The summed E-state index contributed by atoms with van der Waals surface area (Å²) in [6.45, 7) is 10.5. The Balaban J connectivity index is 1.74. The van der Waals surface area contributed by atoms with Crippen LogP contribution in [0.15, 0.2) is 0 Å². The maximum Gasteiger partial charge on any atom is 0.345 e. The third-order valence-corrected chi connectivity index (χ3v) is 8.96. The van der Waals surface area contributed by atoms with Crippen molar-refractivity contribution >= 4 is 5.97 Å². The lowest BCUT2D eigenvalue weighted by molar-refractivity contribution is -0.176. The topological polar surface area (TPSA) is 105 Å². The third-order valence-electron chi connectivity index (χ3n) is 8.96. The molecular weight excluding hydrogens is 424 g/mol. The molecule has 184 valence electrons. The summed E-state index contributed by atoms with van der Waals surface area (Å²) in [6, 6.07) is 0. The maximum atomic E-state index is 12.3. The van der Waals surface area contributed by atoms with Gasteiger partial charge in [0.1, 0.15) is 17.1 Å². The maximum absolute atomic E-state index is 12.3. The summed E-state index contributed by atoms with van der Waals surface area (Å²) in [5, 5.41) is 32.0. The minimum absolute atomic E-state index is 0.0871. The van der Waals surface area contributed by atoms with Gasteiger partial charge < -0.3 is 29.5 Å². The van der Waals surface area contributed by atoms with Crippen molar-refractivity contribution in [1.82, 2.24) is 0 Å². The van der Waals surface area contributed by atoms with Gasteiger partial charge in [-0.25, -0.2) is 4.79 Å². The summed E-state index contributed by atoms with van der Waals surface area (Å²) in [5.74, 6) is 0.331. The Labute approximate surface area is 196 Å². The fraction of sp³-hybridized carbons (Fsp3) is 0.731. The Bertz CT molecular complexity index is 951. The lowest BCUT2D eigenvalue weighted by Crippen LogP contribution is -2.59. The van der Waals surface area contributed by atoms with E-state index >= 15 is 0 Å². The Morgan fingerprint density at radius 1 is 1.12 bits per heavy atom. The summed E-state index contributed by atoms with van der Waals surface area (Å²) in [4.78, 5) is 12.3. The molecule has 33 heavy (non-hydrogen) atoms. The monoisotopic (exact) mass is 462 g/mol. The van der Waals surface area contributed by atoms with Crippen LogP contribution in [0.1, 0.15) is 93.1 Å². The van der Waals surface area contributed by atoms with Crippen LogP contribution in [0.5, 0.6) is 11.5 Å². The molecule has 0 saturated heterocycles. The van der Waals surface area contributed by atoms with Crippen LogP contribution < -0.4 is 9.47 Å². The van der Waals surface area contributed by atoms with Crippen molar-refractivity contribution in [1.29, 1.82) is 0 Å². The molecule has 2 aliphatic carbocycles. The number of rotatable bonds is 5. The van der Waals surface area contributed by atoms with Gasteiger partial charge in [-0.3, -0.25) is 0 Å². The molecule has 1 unspecified atom stereocenters. The minimum Gasteiger partial charge on any atom is -0.495 e. The second-order valence-corrected chi connectivity index (χ2v) is 11.3. The first-order valence-electron chi connectivity index (χ1n) is 12.0. The highest BCUT2D eigenvalue weighted by Gasteiger charge is 2.58. The summed E-state index contributed by atoms with van der Waals surface area (Å²) < 4.78 is 16.9. The number of ether oxygens (including phenoxy) is 3. The first-order valence-corrected chi connectivity index (χ1v) is 12.0. The zero-order valence-corrected chi connectivity index (χ0v) is 20.7. The van der Waals surface area contributed by atoms with Crippen LogP contribution in [0.2, 0.25) is 0 Å². The molecule has 3 N–H and O–H groups in total. The smallest absolute Gasteiger partial charge is 0.345 e. The van der Waals surface area contributed by atoms with Crippen LogP contribution in [-0.4, -0.2) is 40.6 Å². The molecule has 1 aromatic carbocycles. The highest BCUT2D eigenvalue weighted by molar-refractivity contribution is 5.98. The zero-order valence-electron chi connectivity index (χ0n) is 20.7. The summed E-state index contributed by atoms with van der Waals surface area (Å²) in [7, 11) is 1.45. The Morgan fingerprint density at radius 3 is 2.45 bits per heavy atom. The lowest BCUT2D eigenvalue weighted by Gasteiger charge is -2.61. The second-order valence-electron chi connectivity index (χ2n) is 11.3. The SMILES string of the molecule is COc1c(C)c(OC[C@@H]2[C@@]3(C)CCCC(C)(C)[C@@H]3CC[C@@]2(C)O)c(CO)c2c1C(=O)OC2O. The normalized spacial score (nSPS) is 34.9. The van der Waals surface area contributed by atoms with E-state index in [9.17, 15) is 20.1 Å². The van der Waals surface area contributed by atoms with Crippen LogP contribution >= 0.6 is 0 Å². The van der Waals surface area contributed by atoms with Crippen molar-refractivity contribution in [3.05, 3.63) is 22.3 Å². The number of fused-ring (bicyclic) bond motifs is 2. The van der Waals surface area contributed by atoms with E-state index in [1.165, 1.54) is 13.5 Å². The number of aliphatic hydroxyl groups excluding tert-OH is 2. The zero-order chi connectivity index (χ0) is 24.3. The molecule has 0 spiro atoms. The van der Waals surface area contributed by atoms with E-state index in [1.54, 1.807) is 6.92 Å². The largest absolute Gasteiger partial charge is 0.495 e. The van der Waals surface area contributed by atoms with Crippen LogP contribution in [0.25, 0.3) is 0 Å². The predicted molar refractivity (Wildman–Crippen MR) is 122 cm³/mol. The van der Waals surface area contributed by atoms with Gasteiger partial charge in [-0.1, -0.05) is 27.2 Å². The predicted octanol–water partition coefficient (Wildman–Crippen LogP) is 4.03. The number of cyclic esters (lactones) is 1. The standard InChI is InChI=1S/C26H38O7/c1-14-20(15(12-27)18-19(21(14)31-6)23(29)33-22(18)28)32-13-17-25(4)10-7-9-24(2,3)16(25)8-11-26(17,5)30/h16-17,22,27-28,30H,7-13H2,1-6H3/t16-,17+,22?,25-,26+/m0/s1. The van der Waals surface area contributed by atoms with Crippen molar-refractivity contribution in [3.63, 3.8) is 0 Å². The molecule has 7 nitrogen and oxygen atoms in total. The van der Waals surface area contributed by atoms with Crippen LogP contribution in [0.3, 0.4) is 0 Å².